The Balaban J connectivity index is 2.08. The molecule has 0 unspecified atom stereocenters. The lowest BCUT2D eigenvalue weighted by molar-refractivity contribution is 0.0870. The second-order valence-corrected chi connectivity index (χ2v) is 4.26. The van der Waals surface area contributed by atoms with Gasteiger partial charge < -0.3 is 10.1 Å². The van der Waals surface area contributed by atoms with E-state index in [2.05, 4.69) is 20.5 Å². The van der Waals surface area contributed by atoms with Gasteiger partial charge in [-0.05, 0) is 20.8 Å². The van der Waals surface area contributed by atoms with E-state index in [1.807, 2.05) is 13.8 Å². The first-order valence-electron chi connectivity index (χ1n) is 5.88. The molecule has 2 N–H and O–H groups in total. The molecule has 2 aromatic heterocycles. The summed E-state index contributed by atoms with van der Waals surface area (Å²) in [5, 5.41) is 9.44. The zero-order valence-corrected chi connectivity index (χ0v) is 10.7. The Hall–Kier alpha value is -1.89. The van der Waals surface area contributed by atoms with Gasteiger partial charge in [-0.15, -0.1) is 0 Å². The highest BCUT2D eigenvalue weighted by Crippen LogP contribution is 2.07. The molecule has 0 bridgehead atoms. The third-order valence-electron chi connectivity index (χ3n) is 2.43. The molecule has 7 heteroatoms. The van der Waals surface area contributed by atoms with Gasteiger partial charge in [0.1, 0.15) is 11.6 Å². The van der Waals surface area contributed by atoms with Gasteiger partial charge >= 0.3 is 5.69 Å². The van der Waals surface area contributed by atoms with Crippen molar-refractivity contribution in [1.82, 2.24) is 19.6 Å². The number of rotatable bonds is 5. The SMILES string of the molecule is Cc1nc(NCCOC(C)C)cc2n[nH]c(=O)n12. The average Bonchev–Trinajstić information content (AvgIpc) is 2.67. The van der Waals surface area contributed by atoms with E-state index < -0.39 is 0 Å². The Morgan fingerprint density at radius 2 is 2.33 bits per heavy atom. The molecule has 0 aromatic carbocycles. The fourth-order valence-corrected chi connectivity index (χ4v) is 1.66. The zero-order valence-electron chi connectivity index (χ0n) is 10.7. The number of aromatic amines is 1. The summed E-state index contributed by atoms with van der Waals surface area (Å²) < 4.78 is 6.84. The molecule has 0 atom stereocenters. The third kappa shape index (κ3) is 2.67. The highest BCUT2D eigenvalue weighted by atomic mass is 16.5. The number of ether oxygens (including phenoxy) is 1. The van der Waals surface area contributed by atoms with Crippen molar-refractivity contribution in [3.63, 3.8) is 0 Å². The van der Waals surface area contributed by atoms with Crippen molar-refractivity contribution in [2.75, 3.05) is 18.5 Å². The Morgan fingerprint density at radius 1 is 1.56 bits per heavy atom. The van der Waals surface area contributed by atoms with E-state index in [0.29, 0.717) is 30.4 Å². The average molecular weight is 251 g/mol. The summed E-state index contributed by atoms with van der Waals surface area (Å²) in [6.45, 7) is 7.02. The molecule has 0 amide bonds. The van der Waals surface area contributed by atoms with E-state index in [1.54, 1.807) is 13.0 Å². The van der Waals surface area contributed by atoms with Crippen LogP contribution < -0.4 is 11.0 Å². The number of hydrogen-bond donors (Lipinski definition) is 2. The third-order valence-corrected chi connectivity index (χ3v) is 2.43. The zero-order chi connectivity index (χ0) is 13.1. The van der Waals surface area contributed by atoms with Gasteiger partial charge in [0.25, 0.3) is 0 Å². The molecule has 0 saturated carbocycles. The number of aryl methyl sites for hydroxylation is 1. The predicted octanol–water partition coefficient (Wildman–Crippen LogP) is 0.563. The minimum Gasteiger partial charge on any atom is -0.377 e. The van der Waals surface area contributed by atoms with Crippen LogP contribution in [-0.2, 0) is 4.74 Å². The van der Waals surface area contributed by atoms with Gasteiger partial charge in [-0.2, -0.15) is 5.10 Å². The van der Waals surface area contributed by atoms with Gasteiger partial charge in [-0.25, -0.2) is 19.3 Å². The van der Waals surface area contributed by atoms with Gasteiger partial charge in [0.15, 0.2) is 5.65 Å². The Morgan fingerprint density at radius 3 is 3.06 bits per heavy atom. The van der Waals surface area contributed by atoms with Crippen LogP contribution in [-0.4, -0.2) is 38.8 Å². The first-order valence-corrected chi connectivity index (χ1v) is 5.88. The Kier molecular flexibility index (Phi) is 3.61. The summed E-state index contributed by atoms with van der Waals surface area (Å²) >= 11 is 0. The van der Waals surface area contributed by atoms with Crippen LogP contribution >= 0.6 is 0 Å². The van der Waals surface area contributed by atoms with Crippen LogP contribution in [0.15, 0.2) is 10.9 Å². The molecule has 0 aliphatic rings. The normalized spacial score (nSPS) is 11.3. The van der Waals surface area contributed by atoms with Crippen LogP contribution in [0.2, 0.25) is 0 Å². The van der Waals surface area contributed by atoms with Gasteiger partial charge in [0.2, 0.25) is 0 Å². The van der Waals surface area contributed by atoms with Gasteiger partial charge in [-0.3, -0.25) is 0 Å². The molecule has 7 nitrogen and oxygen atoms in total. The number of fused-ring (bicyclic) bond motifs is 1. The van der Waals surface area contributed by atoms with Gasteiger partial charge in [-0.1, -0.05) is 0 Å². The van der Waals surface area contributed by atoms with Crippen LogP contribution in [0.25, 0.3) is 5.65 Å². The number of aromatic nitrogens is 4. The van der Waals surface area contributed by atoms with Crippen molar-refractivity contribution < 1.29 is 4.74 Å². The lowest BCUT2D eigenvalue weighted by Gasteiger charge is -2.09. The molecular formula is C11H17N5O2. The summed E-state index contributed by atoms with van der Waals surface area (Å²) in [5.74, 6) is 1.28. The van der Waals surface area contributed by atoms with Crippen LogP contribution in [0, 0.1) is 6.92 Å². The maximum atomic E-state index is 11.4. The number of H-pyrrole nitrogens is 1. The minimum atomic E-state index is -0.273. The van der Waals surface area contributed by atoms with Crippen molar-refractivity contribution in [2.24, 2.45) is 0 Å². The minimum absolute atomic E-state index is 0.217. The molecule has 0 aliphatic carbocycles. The molecule has 0 spiro atoms. The lowest BCUT2D eigenvalue weighted by Crippen LogP contribution is -2.16. The summed E-state index contributed by atoms with van der Waals surface area (Å²) in [4.78, 5) is 15.7. The molecule has 18 heavy (non-hydrogen) atoms. The fraction of sp³-hybridized carbons (Fsp3) is 0.545. The smallest absolute Gasteiger partial charge is 0.349 e. The quantitative estimate of drug-likeness (QED) is 0.759. The maximum absolute atomic E-state index is 11.4. The monoisotopic (exact) mass is 251 g/mol. The number of anilines is 1. The van der Waals surface area contributed by atoms with E-state index in [9.17, 15) is 4.79 Å². The second-order valence-electron chi connectivity index (χ2n) is 4.26. The molecular weight excluding hydrogens is 234 g/mol. The van der Waals surface area contributed by atoms with Crippen LogP contribution in [0.4, 0.5) is 5.82 Å². The van der Waals surface area contributed by atoms with Crippen molar-refractivity contribution in [3.05, 3.63) is 22.4 Å². The first-order chi connectivity index (χ1) is 8.58. The largest absolute Gasteiger partial charge is 0.377 e. The predicted molar refractivity (Wildman–Crippen MR) is 67.9 cm³/mol. The van der Waals surface area contributed by atoms with Gasteiger partial charge in [0.05, 0.1) is 12.7 Å². The molecule has 0 saturated heterocycles. The molecule has 0 radical (unpaired) electrons. The van der Waals surface area contributed by atoms with Crippen LogP contribution in [0.1, 0.15) is 19.7 Å². The highest BCUT2D eigenvalue weighted by molar-refractivity contribution is 5.49. The van der Waals surface area contributed by atoms with E-state index in [4.69, 9.17) is 4.74 Å². The summed E-state index contributed by atoms with van der Waals surface area (Å²) in [6.07, 6.45) is 0.217. The van der Waals surface area contributed by atoms with E-state index in [-0.39, 0.29) is 11.8 Å². The summed E-state index contributed by atoms with van der Waals surface area (Å²) in [6, 6.07) is 1.72. The Bertz CT molecular complexity index is 587. The number of nitrogens with zero attached hydrogens (tertiary/aromatic N) is 3. The molecule has 0 aliphatic heterocycles. The molecule has 0 fully saturated rings. The van der Waals surface area contributed by atoms with Crippen LogP contribution in [0.3, 0.4) is 0 Å². The van der Waals surface area contributed by atoms with E-state index >= 15 is 0 Å². The molecule has 2 heterocycles. The molecule has 2 aromatic rings. The maximum Gasteiger partial charge on any atom is 0.349 e. The van der Waals surface area contributed by atoms with Crippen molar-refractivity contribution in [1.29, 1.82) is 0 Å². The first kappa shape index (κ1) is 12.6. The molecule has 2 rings (SSSR count). The summed E-state index contributed by atoms with van der Waals surface area (Å²) in [7, 11) is 0. The van der Waals surface area contributed by atoms with E-state index in [0.717, 1.165) is 0 Å². The van der Waals surface area contributed by atoms with Gasteiger partial charge in [0, 0.05) is 12.6 Å². The lowest BCUT2D eigenvalue weighted by atomic mass is 10.4. The van der Waals surface area contributed by atoms with Crippen LogP contribution in [0.5, 0.6) is 0 Å². The highest BCUT2D eigenvalue weighted by Gasteiger charge is 2.06. The number of hydrogen-bond acceptors (Lipinski definition) is 5. The Labute approximate surface area is 104 Å². The topological polar surface area (TPSA) is 84.3 Å². The second kappa shape index (κ2) is 5.18. The van der Waals surface area contributed by atoms with Crippen molar-refractivity contribution in [3.8, 4) is 0 Å². The van der Waals surface area contributed by atoms with E-state index in [1.165, 1.54) is 4.40 Å². The van der Waals surface area contributed by atoms with Crippen molar-refractivity contribution >= 4 is 11.5 Å². The van der Waals surface area contributed by atoms with Crippen molar-refractivity contribution in [2.45, 2.75) is 26.9 Å². The molecule has 98 valence electrons. The standard InChI is InChI=1S/C11H17N5O2/c1-7(2)18-5-4-12-9-6-10-14-15-11(17)16(10)8(3)13-9/h6-7,12H,4-5H2,1-3H3,(H,15,17). The summed E-state index contributed by atoms with van der Waals surface area (Å²) in [5.41, 5.74) is 0.282. The number of nitrogens with one attached hydrogen (secondary N) is 2. The fourth-order valence-electron chi connectivity index (χ4n) is 1.66.